The molecular formula is C27H32ClN5O4. The molecule has 9 nitrogen and oxygen atoms in total. The van der Waals surface area contributed by atoms with Crippen LogP contribution in [-0.2, 0) is 16.1 Å². The van der Waals surface area contributed by atoms with Crippen molar-refractivity contribution in [2.75, 3.05) is 32.8 Å². The monoisotopic (exact) mass is 525 g/mol. The number of benzene rings is 1. The van der Waals surface area contributed by atoms with E-state index in [1.54, 1.807) is 10.6 Å². The van der Waals surface area contributed by atoms with Gasteiger partial charge < -0.3 is 20.1 Å². The molecule has 1 saturated carbocycles. The molecule has 3 aromatic rings. The maximum Gasteiger partial charge on any atom is 0.262 e. The van der Waals surface area contributed by atoms with Crippen LogP contribution in [0.4, 0.5) is 0 Å². The highest BCUT2D eigenvalue weighted by Gasteiger charge is 2.48. The number of halogens is 1. The lowest BCUT2D eigenvalue weighted by Crippen LogP contribution is -2.51. The van der Waals surface area contributed by atoms with Crippen molar-refractivity contribution in [3.63, 3.8) is 0 Å². The summed E-state index contributed by atoms with van der Waals surface area (Å²) in [6, 6.07) is 9.77. The highest BCUT2D eigenvalue weighted by Crippen LogP contribution is 2.47. The third-order valence-electron chi connectivity index (χ3n) is 8.18. The number of morpholine rings is 1. The van der Waals surface area contributed by atoms with Gasteiger partial charge in [0.05, 0.1) is 36.8 Å². The van der Waals surface area contributed by atoms with E-state index in [2.05, 4.69) is 10.3 Å². The van der Waals surface area contributed by atoms with Gasteiger partial charge in [-0.2, -0.15) is 0 Å². The summed E-state index contributed by atoms with van der Waals surface area (Å²) in [6.45, 7) is 5.30. The minimum absolute atomic E-state index is 0.127. The Labute approximate surface area is 220 Å². The molecule has 196 valence electrons. The average molecular weight is 526 g/mol. The summed E-state index contributed by atoms with van der Waals surface area (Å²) >= 11 is 6.58. The third kappa shape index (κ3) is 4.58. The van der Waals surface area contributed by atoms with E-state index < -0.39 is 5.60 Å². The van der Waals surface area contributed by atoms with Crippen molar-refractivity contribution in [2.45, 2.75) is 50.8 Å². The molecule has 0 radical (unpaired) electrons. The summed E-state index contributed by atoms with van der Waals surface area (Å²) in [7, 11) is 0. The second kappa shape index (κ2) is 9.23. The standard InChI is InChI=1S/C27H32ClN5O4/c1-26(6-7-26)25(35)31-11-8-27(36,9-12-31)16-32-17-30-23-20(24(32)34)14-22(28)33(23)19-4-2-18(3-5-19)21-15-37-13-10-29-21/h2-5,14,17,21,29,36H,6-13,15-16H2,1H3/t21-/m1/s1. The molecule has 37 heavy (non-hydrogen) atoms. The molecule has 1 aromatic carbocycles. The van der Waals surface area contributed by atoms with Crippen molar-refractivity contribution < 1.29 is 14.6 Å². The van der Waals surface area contributed by atoms with Gasteiger partial charge in [0.2, 0.25) is 5.91 Å². The van der Waals surface area contributed by atoms with Crippen molar-refractivity contribution in [1.82, 2.24) is 24.3 Å². The van der Waals surface area contributed by atoms with Crippen LogP contribution in [0.15, 0.2) is 41.5 Å². The fraction of sp³-hybridized carbons (Fsp3) is 0.519. The van der Waals surface area contributed by atoms with Crippen LogP contribution in [-0.4, -0.2) is 68.5 Å². The Bertz CT molecular complexity index is 1380. The molecule has 0 bridgehead atoms. The van der Waals surface area contributed by atoms with E-state index in [-0.39, 0.29) is 29.5 Å². The molecule has 2 aliphatic heterocycles. The number of carbonyl (C=O) groups is 1. The fourth-order valence-corrected chi connectivity index (χ4v) is 5.75. The first-order valence-corrected chi connectivity index (χ1v) is 13.3. The molecule has 0 unspecified atom stereocenters. The zero-order chi connectivity index (χ0) is 25.8. The Morgan fingerprint density at radius 1 is 1.22 bits per heavy atom. The third-order valence-corrected chi connectivity index (χ3v) is 8.46. The quantitative estimate of drug-likeness (QED) is 0.531. The van der Waals surface area contributed by atoms with Gasteiger partial charge >= 0.3 is 0 Å². The lowest BCUT2D eigenvalue weighted by Gasteiger charge is -2.39. The minimum atomic E-state index is -1.07. The molecule has 3 aliphatic rings. The number of fused-ring (bicyclic) bond motifs is 1. The van der Waals surface area contributed by atoms with E-state index >= 15 is 0 Å². The lowest BCUT2D eigenvalue weighted by molar-refractivity contribution is -0.141. The van der Waals surface area contributed by atoms with Crippen molar-refractivity contribution in [3.8, 4) is 5.69 Å². The number of ether oxygens (including phenoxy) is 1. The first-order valence-electron chi connectivity index (χ1n) is 13.0. The maximum atomic E-state index is 13.4. The van der Waals surface area contributed by atoms with Crippen LogP contribution in [0.5, 0.6) is 0 Å². The van der Waals surface area contributed by atoms with Gasteiger partial charge in [0.15, 0.2) is 5.65 Å². The Morgan fingerprint density at radius 3 is 2.59 bits per heavy atom. The molecule has 0 spiro atoms. The summed E-state index contributed by atoms with van der Waals surface area (Å²) < 4.78 is 8.78. The Morgan fingerprint density at radius 2 is 1.95 bits per heavy atom. The van der Waals surface area contributed by atoms with E-state index in [4.69, 9.17) is 16.3 Å². The molecule has 1 atom stereocenters. The van der Waals surface area contributed by atoms with Gasteiger partial charge in [0.25, 0.3) is 5.56 Å². The highest BCUT2D eigenvalue weighted by atomic mass is 35.5. The number of nitrogens with one attached hydrogen (secondary N) is 1. The molecule has 4 heterocycles. The van der Waals surface area contributed by atoms with Crippen molar-refractivity contribution in [2.24, 2.45) is 5.41 Å². The molecule has 2 saturated heterocycles. The van der Waals surface area contributed by atoms with Crippen molar-refractivity contribution in [1.29, 1.82) is 0 Å². The first kappa shape index (κ1) is 24.6. The van der Waals surface area contributed by atoms with Gasteiger partial charge in [0.1, 0.15) is 11.5 Å². The van der Waals surface area contributed by atoms with Crippen LogP contribution in [0, 0.1) is 5.41 Å². The largest absolute Gasteiger partial charge is 0.388 e. The first-order chi connectivity index (χ1) is 17.8. The van der Waals surface area contributed by atoms with Gasteiger partial charge in [-0.15, -0.1) is 0 Å². The molecule has 2 N–H and O–H groups in total. The van der Waals surface area contributed by atoms with E-state index in [1.807, 2.05) is 36.1 Å². The topological polar surface area (TPSA) is 102 Å². The van der Waals surface area contributed by atoms with Crippen molar-refractivity contribution in [3.05, 3.63) is 57.7 Å². The number of rotatable bonds is 5. The molecule has 1 amide bonds. The Kier molecular flexibility index (Phi) is 6.14. The second-order valence-electron chi connectivity index (χ2n) is 11.0. The van der Waals surface area contributed by atoms with E-state index in [1.165, 1.54) is 10.9 Å². The fourth-order valence-electron chi connectivity index (χ4n) is 5.46. The number of hydrogen-bond acceptors (Lipinski definition) is 6. The van der Waals surface area contributed by atoms with Crippen LogP contribution in [0.3, 0.4) is 0 Å². The normalized spacial score (nSPS) is 22.8. The number of hydrogen-bond donors (Lipinski definition) is 2. The van der Waals surface area contributed by atoms with Crippen LogP contribution in [0.2, 0.25) is 5.15 Å². The molecule has 2 aromatic heterocycles. The summed E-state index contributed by atoms with van der Waals surface area (Å²) in [5, 5.41) is 15.5. The molecule has 1 aliphatic carbocycles. The number of aliphatic hydroxyl groups is 1. The smallest absolute Gasteiger partial charge is 0.262 e. The minimum Gasteiger partial charge on any atom is -0.388 e. The zero-order valence-electron chi connectivity index (χ0n) is 21.0. The van der Waals surface area contributed by atoms with Crippen molar-refractivity contribution >= 4 is 28.5 Å². The number of amides is 1. The van der Waals surface area contributed by atoms with E-state index in [9.17, 15) is 14.7 Å². The van der Waals surface area contributed by atoms with Crippen LogP contribution in [0.25, 0.3) is 16.7 Å². The maximum absolute atomic E-state index is 13.4. The number of likely N-dealkylation sites (tertiary alicyclic amines) is 1. The summed E-state index contributed by atoms with van der Waals surface area (Å²) in [5.41, 5.74) is 0.879. The summed E-state index contributed by atoms with van der Waals surface area (Å²) in [5.74, 6) is 0.183. The Hall–Kier alpha value is -2.72. The number of piperidine rings is 1. The second-order valence-corrected chi connectivity index (χ2v) is 11.4. The highest BCUT2D eigenvalue weighted by molar-refractivity contribution is 6.31. The predicted octanol–water partition coefficient (Wildman–Crippen LogP) is 2.66. The van der Waals surface area contributed by atoms with Crippen LogP contribution < -0.4 is 10.9 Å². The number of aromatic nitrogens is 3. The van der Waals surface area contributed by atoms with Gasteiger partial charge in [0, 0.05) is 30.7 Å². The molecule has 10 heteroatoms. The predicted molar refractivity (Wildman–Crippen MR) is 140 cm³/mol. The molecule has 6 rings (SSSR count). The van der Waals surface area contributed by atoms with Crippen LogP contribution in [0.1, 0.15) is 44.2 Å². The van der Waals surface area contributed by atoms with Gasteiger partial charge in [-0.05, 0) is 49.4 Å². The summed E-state index contributed by atoms with van der Waals surface area (Å²) in [6.07, 6.45) is 4.21. The molecule has 3 fully saturated rings. The van der Waals surface area contributed by atoms with E-state index in [0.717, 1.165) is 37.2 Å². The van der Waals surface area contributed by atoms with Gasteiger partial charge in [-0.3, -0.25) is 18.7 Å². The van der Waals surface area contributed by atoms with E-state index in [0.29, 0.717) is 48.7 Å². The Balaban J connectivity index is 1.21. The SMILES string of the molecule is CC1(C(=O)N2CCC(O)(Cn3cnc4c(cc(Cl)n4-c4ccc([C@H]5COCCN5)cc4)c3=O)CC2)CC1. The zero-order valence-corrected chi connectivity index (χ0v) is 21.7. The molecular weight excluding hydrogens is 494 g/mol. The summed E-state index contributed by atoms with van der Waals surface area (Å²) in [4.78, 5) is 32.4. The number of nitrogens with zero attached hydrogens (tertiary/aromatic N) is 4. The average Bonchev–Trinajstić information content (AvgIpc) is 3.57. The van der Waals surface area contributed by atoms with Gasteiger partial charge in [-0.1, -0.05) is 30.7 Å². The lowest BCUT2D eigenvalue weighted by atomic mass is 9.90. The van der Waals surface area contributed by atoms with Gasteiger partial charge in [-0.25, -0.2) is 4.98 Å². The van der Waals surface area contributed by atoms with Crippen LogP contribution >= 0.6 is 11.6 Å². The number of carbonyl (C=O) groups excluding carboxylic acids is 1.